The Kier molecular flexibility index (Phi) is 4.59. The maximum absolute atomic E-state index is 9.17. The van der Waals surface area contributed by atoms with Gasteiger partial charge in [0.1, 0.15) is 11.6 Å². The van der Waals surface area contributed by atoms with Crippen molar-refractivity contribution in [1.82, 2.24) is 0 Å². The summed E-state index contributed by atoms with van der Waals surface area (Å²) < 4.78 is 15.5. The predicted molar refractivity (Wildman–Crippen MR) is 65.5 cm³/mol. The first-order valence-electron chi connectivity index (χ1n) is 5.02. The summed E-state index contributed by atoms with van der Waals surface area (Å²) in [5, 5.41) is 17.7. The molecule has 0 aliphatic carbocycles. The Morgan fingerprint density at radius 1 is 1.06 bits per heavy atom. The minimum absolute atomic E-state index is 0.289. The average Bonchev–Trinajstić information content (AvgIpc) is 2.42. The molecule has 0 unspecified atom stereocenters. The van der Waals surface area contributed by atoms with E-state index in [4.69, 9.17) is 19.5 Å². The molecule has 5 heteroatoms. The van der Waals surface area contributed by atoms with E-state index in [2.05, 4.69) is 0 Å². The van der Waals surface area contributed by atoms with Gasteiger partial charge in [-0.3, -0.25) is 0 Å². The monoisotopic (exact) mass is 244 g/mol. The van der Waals surface area contributed by atoms with Gasteiger partial charge in [-0.1, -0.05) is 0 Å². The van der Waals surface area contributed by atoms with Crippen LogP contribution in [0, 0.1) is 22.7 Å². The average molecular weight is 244 g/mol. The molecule has 1 aromatic carbocycles. The normalized spacial score (nSPS) is 9.61. The van der Waals surface area contributed by atoms with E-state index in [1.165, 1.54) is 33.5 Å². The van der Waals surface area contributed by atoms with Crippen molar-refractivity contribution < 1.29 is 14.2 Å². The van der Waals surface area contributed by atoms with Gasteiger partial charge in [0, 0.05) is 11.6 Å². The quantitative estimate of drug-likeness (QED) is 0.758. The molecule has 0 N–H and O–H groups in total. The Balaban J connectivity index is 3.60. The van der Waals surface area contributed by atoms with Gasteiger partial charge in [0.25, 0.3) is 0 Å². The molecule has 5 nitrogen and oxygen atoms in total. The van der Waals surface area contributed by atoms with Crippen molar-refractivity contribution in [3.05, 3.63) is 23.3 Å². The number of nitrogens with zero attached hydrogens (tertiary/aromatic N) is 2. The van der Waals surface area contributed by atoms with Crippen LogP contribution in [0.25, 0.3) is 6.08 Å². The van der Waals surface area contributed by atoms with Crippen LogP contribution in [0.1, 0.15) is 11.1 Å². The van der Waals surface area contributed by atoms with Crippen molar-refractivity contribution in [2.45, 2.75) is 0 Å². The van der Waals surface area contributed by atoms with Crippen LogP contribution in [0.4, 0.5) is 0 Å². The van der Waals surface area contributed by atoms with Crippen LogP contribution >= 0.6 is 0 Å². The van der Waals surface area contributed by atoms with Gasteiger partial charge in [0.05, 0.1) is 27.4 Å². The minimum Gasteiger partial charge on any atom is -0.493 e. The zero-order valence-corrected chi connectivity index (χ0v) is 10.4. The van der Waals surface area contributed by atoms with E-state index in [0.717, 1.165) is 0 Å². The van der Waals surface area contributed by atoms with Crippen LogP contribution in [0.3, 0.4) is 0 Å². The van der Waals surface area contributed by atoms with Gasteiger partial charge >= 0.3 is 0 Å². The first kappa shape index (κ1) is 13.4. The molecule has 92 valence electrons. The highest BCUT2D eigenvalue weighted by atomic mass is 16.5. The number of hydrogen-bond acceptors (Lipinski definition) is 5. The van der Waals surface area contributed by atoms with Crippen molar-refractivity contribution in [2.24, 2.45) is 0 Å². The number of methoxy groups -OCH3 is 3. The Bertz CT molecular complexity index is 551. The van der Waals surface area contributed by atoms with E-state index in [9.17, 15) is 5.26 Å². The fraction of sp³-hybridized carbons (Fsp3) is 0.231. The molecule has 0 saturated heterocycles. The van der Waals surface area contributed by atoms with Crippen molar-refractivity contribution >= 4 is 6.08 Å². The highest BCUT2D eigenvalue weighted by Crippen LogP contribution is 2.41. The molecule has 0 fully saturated rings. The SMILES string of the molecule is COc1cc(C=CC#N)c(C#N)c(OC)c1OC. The fourth-order valence-electron chi connectivity index (χ4n) is 1.55. The molecule has 0 aromatic heterocycles. The van der Waals surface area contributed by atoms with Crippen LogP contribution in [0.15, 0.2) is 12.1 Å². The summed E-state index contributed by atoms with van der Waals surface area (Å²) >= 11 is 0. The second-order valence-electron chi connectivity index (χ2n) is 3.18. The van der Waals surface area contributed by atoms with Gasteiger partial charge in [-0.05, 0) is 12.1 Å². The lowest BCUT2D eigenvalue weighted by atomic mass is 10.1. The van der Waals surface area contributed by atoms with Gasteiger partial charge in [-0.15, -0.1) is 0 Å². The molecule has 18 heavy (non-hydrogen) atoms. The molecule has 0 saturated carbocycles. The lowest BCUT2D eigenvalue weighted by Gasteiger charge is -2.14. The number of allylic oxidation sites excluding steroid dienone is 1. The highest BCUT2D eigenvalue weighted by Gasteiger charge is 2.19. The number of nitriles is 2. The molecule has 0 aliphatic heterocycles. The highest BCUT2D eigenvalue weighted by molar-refractivity contribution is 5.71. The predicted octanol–water partition coefficient (Wildman–Crippen LogP) is 2.12. The number of hydrogen-bond donors (Lipinski definition) is 0. The Morgan fingerprint density at radius 2 is 1.72 bits per heavy atom. The summed E-state index contributed by atoms with van der Waals surface area (Å²) in [5.74, 6) is 1.08. The van der Waals surface area contributed by atoms with E-state index in [1.54, 1.807) is 6.07 Å². The molecular formula is C13H12N2O3. The lowest BCUT2D eigenvalue weighted by Crippen LogP contribution is -1.99. The zero-order chi connectivity index (χ0) is 13.5. The molecule has 0 amide bonds. The summed E-state index contributed by atoms with van der Waals surface area (Å²) in [6.45, 7) is 0. The van der Waals surface area contributed by atoms with E-state index >= 15 is 0 Å². The number of benzene rings is 1. The summed E-state index contributed by atoms with van der Waals surface area (Å²) in [6, 6.07) is 5.52. The first-order valence-corrected chi connectivity index (χ1v) is 5.02. The maximum atomic E-state index is 9.17. The van der Waals surface area contributed by atoms with Crippen molar-refractivity contribution in [1.29, 1.82) is 10.5 Å². The van der Waals surface area contributed by atoms with Crippen molar-refractivity contribution in [3.63, 3.8) is 0 Å². The summed E-state index contributed by atoms with van der Waals surface area (Å²) in [7, 11) is 4.39. The van der Waals surface area contributed by atoms with Crippen molar-refractivity contribution in [2.75, 3.05) is 21.3 Å². The topological polar surface area (TPSA) is 75.3 Å². The van der Waals surface area contributed by atoms with Gasteiger partial charge in [0.15, 0.2) is 11.5 Å². The van der Waals surface area contributed by atoms with E-state index in [0.29, 0.717) is 22.6 Å². The maximum Gasteiger partial charge on any atom is 0.204 e. The van der Waals surface area contributed by atoms with E-state index in [1.807, 2.05) is 12.1 Å². The van der Waals surface area contributed by atoms with Crippen LogP contribution in [-0.2, 0) is 0 Å². The van der Waals surface area contributed by atoms with Gasteiger partial charge in [-0.2, -0.15) is 10.5 Å². The van der Waals surface area contributed by atoms with Crippen LogP contribution < -0.4 is 14.2 Å². The van der Waals surface area contributed by atoms with Gasteiger partial charge < -0.3 is 14.2 Å². The second kappa shape index (κ2) is 6.17. The first-order chi connectivity index (χ1) is 8.73. The zero-order valence-electron chi connectivity index (χ0n) is 10.4. The standard InChI is InChI=1S/C13H12N2O3/c1-16-11-7-9(5-4-6-14)10(8-15)12(17-2)13(11)18-3/h4-5,7H,1-3H3. The Hall–Kier alpha value is -2.66. The van der Waals surface area contributed by atoms with Gasteiger partial charge in [-0.25, -0.2) is 0 Å². The molecule has 0 radical (unpaired) electrons. The molecule has 1 aromatic rings. The molecule has 0 aliphatic rings. The molecule has 0 spiro atoms. The summed E-state index contributed by atoms with van der Waals surface area (Å²) in [6.07, 6.45) is 2.80. The number of rotatable bonds is 4. The largest absolute Gasteiger partial charge is 0.493 e. The third-order valence-electron chi connectivity index (χ3n) is 2.31. The summed E-state index contributed by atoms with van der Waals surface area (Å²) in [5.41, 5.74) is 0.829. The second-order valence-corrected chi connectivity index (χ2v) is 3.18. The smallest absolute Gasteiger partial charge is 0.204 e. The number of ether oxygens (including phenoxy) is 3. The third kappa shape index (κ3) is 2.36. The lowest BCUT2D eigenvalue weighted by molar-refractivity contribution is 0.323. The third-order valence-corrected chi connectivity index (χ3v) is 2.31. The van der Waals surface area contributed by atoms with Crippen LogP contribution in [0.2, 0.25) is 0 Å². The van der Waals surface area contributed by atoms with Crippen molar-refractivity contribution in [3.8, 4) is 29.4 Å². The Labute approximate surface area is 105 Å². The molecule has 0 bridgehead atoms. The fourth-order valence-corrected chi connectivity index (χ4v) is 1.55. The van der Waals surface area contributed by atoms with E-state index < -0.39 is 0 Å². The molecule has 1 rings (SSSR count). The summed E-state index contributed by atoms with van der Waals surface area (Å²) in [4.78, 5) is 0. The molecule has 0 atom stereocenters. The van der Waals surface area contributed by atoms with Gasteiger partial charge in [0.2, 0.25) is 5.75 Å². The van der Waals surface area contributed by atoms with E-state index in [-0.39, 0.29) is 5.75 Å². The minimum atomic E-state index is 0.289. The Morgan fingerprint density at radius 3 is 2.17 bits per heavy atom. The molecular weight excluding hydrogens is 232 g/mol. The van der Waals surface area contributed by atoms with Crippen LogP contribution in [-0.4, -0.2) is 21.3 Å². The van der Waals surface area contributed by atoms with Crippen LogP contribution in [0.5, 0.6) is 17.2 Å². The molecule has 0 heterocycles.